The monoisotopic (exact) mass is 478 g/mol. The van der Waals surface area contributed by atoms with Crippen molar-refractivity contribution in [1.82, 2.24) is 24.7 Å². The van der Waals surface area contributed by atoms with Gasteiger partial charge in [-0.25, -0.2) is 14.6 Å². The summed E-state index contributed by atoms with van der Waals surface area (Å²) in [4.78, 5) is 25.4. The molecule has 0 saturated carbocycles. The topological polar surface area (TPSA) is 109 Å². The standard InChI is InChI=1S/C25H27ClN6O2/c1-12(2)22(33)19-9-16(7-8-28-19)20-13(3)18(26)10-17(23(20)34-6)15(5)32-25-21(14(4)31-32)24(27)29-11-30-25/h7-12,15H,1-6H3,(H2,27,29,30). The Morgan fingerprint density at radius 3 is 2.56 bits per heavy atom. The van der Waals surface area contributed by atoms with Gasteiger partial charge in [0.25, 0.3) is 0 Å². The molecule has 1 aromatic carbocycles. The van der Waals surface area contributed by atoms with Gasteiger partial charge in [-0.2, -0.15) is 5.10 Å². The normalized spacial score (nSPS) is 12.4. The number of fused-ring (bicyclic) bond motifs is 1. The molecule has 0 spiro atoms. The maximum Gasteiger partial charge on any atom is 0.183 e. The van der Waals surface area contributed by atoms with Crippen LogP contribution in [-0.4, -0.2) is 37.6 Å². The number of rotatable bonds is 6. The number of hydrogen-bond acceptors (Lipinski definition) is 7. The molecule has 0 amide bonds. The van der Waals surface area contributed by atoms with Crippen LogP contribution in [0.1, 0.15) is 54.1 Å². The number of nitrogens with two attached hydrogens (primary N) is 1. The molecule has 1 atom stereocenters. The van der Waals surface area contributed by atoms with E-state index < -0.39 is 0 Å². The van der Waals surface area contributed by atoms with E-state index in [1.807, 2.05) is 46.8 Å². The summed E-state index contributed by atoms with van der Waals surface area (Å²) in [5.41, 5.74) is 11.1. The lowest BCUT2D eigenvalue weighted by Crippen LogP contribution is -2.12. The van der Waals surface area contributed by atoms with Crippen molar-refractivity contribution in [1.29, 1.82) is 0 Å². The van der Waals surface area contributed by atoms with Crippen LogP contribution in [0.2, 0.25) is 5.02 Å². The van der Waals surface area contributed by atoms with Gasteiger partial charge in [0.05, 0.1) is 24.2 Å². The van der Waals surface area contributed by atoms with Crippen LogP contribution < -0.4 is 10.5 Å². The van der Waals surface area contributed by atoms with Crippen LogP contribution in [-0.2, 0) is 0 Å². The number of nitrogen functional groups attached to an aromatic ring is 1. The molecule has 4 aromatic rings. The molecule has 0 aliphatic rings. The minimum atomic E-state index is -0.282. The first-order chi connectivity index (χ1) is 16.1. The smallest absolute Gasteiger partial charge is 0.183 e. The van der Waals surface area contributed by atoms with Crippen molar-refractivity contribution < 1.29 is 9.53 Å². The van der Waals surface area contributed by atoms with Gasteiger partial charge in [-0.3, -0.25) is 9.78 Å². The molecule has 0 aliphatic carbocycles. The number of Topliss-reactive ketones (excluding diaryl/α,β-unsaturated/α-hetero) is 1. The number of benzene rings is 1. The second-order valence-electron chi connectivity index (χ2n) is 8.59. The predicted octanol–water partition coefficient (Wildman–Crippen LogP) is 5.20. The van der Waals surface area contributed by atoms with Gasteiger partial charge in [-0.05, 0) is 50.1 Å². The zero-order valence-electron chi connectivity index (χ0n) is 20.0. The molecule has 176 valence electrons. The highest BCUT2D eigenvalue weighted by Crippen LogP contribution is 2.43. The van der Waals surface area contributed by atoms with Gasteiger partial charge in [0.15, 0.2) is 11.4 Å². The van der Waals surface area contributed by atoms with Crippen LogP contribution in [0.15, 0.2) is 30.7 Å². The number of anilines is 1. The number of aryl methyl sites for hydroxylation is 1. The summed E-state index contributed by atoms with van der Waals surface area (Å²) in [6, 6.07) is 5.25. The maximum atomic E-state index is 12.6. The zero-order chi connectivity index (χ0) is 24.7. The number of hydrogen-bond donors (Lipinski definition) is 1. The Bertz CT molecular complexity index is 1410. The summed E-state index contributed by atoms with van der Waals surface area (Å²) in [5.74, 6) is 0.845. The fraction of sp³-hybridized carbons (Fsp3) is 0.320. The van der Waals surface area contributed by atoms with E-state index in [2.05, 4.69) is 15.0 Å². The number of ketones is 1. The van der Waals surface area contributed by atoms with Gasteiger partial charge in [0, 0.05) is 28.3 Å². The molecule has 8 nitrogen and oxygen atoms in total. The molecule has 0 bridgehead atoms. The molecule has 1 unspecified atom stereocenters. The van der Waals surface area contributed by atoms with Crippen LogP contribution in [0.3, 0.4) is 0 Å². The molecule has 0 fully saturated rings. The molecule has 4 rings (SSSR count). The first-order valence-electron chi connectivity index (χ1n) is 11.0. The summed E-state index contributed by atoms with van der Waals surface area (Å²) in [6.07, 6.45) is 3.06. The molecule has 34 heavy (non-hydrogen) atoms. The van der Waals surface area contributed by atoms with E-state index in [4.69, 9.17) is 27.2 Å². The van der Waals surface area contributed by atoms with Crippen molar-refractivity contribution in [2.24, 2.45) is 5.92 Å². The van der Waals surface area contributed by atoms with Crippen molar-refractivity contribution in [3.05, 3.63) is 58.3 Å². The highest BCUT2D eigenvalue weighted by molar-refractivity contribution is 6.32. The highest BCUT2D eigenvalue weighted by atomic mass is 35.5. The number of halogens is 1. The Hall–Kier alpha value is -3.52. The average molecular weight is 479 g/mol. The summed E-state index contributed by atoms with van der Waals surface area (Å²) >= 11 is 6.72. The van der Waals surface area contributed by atoms with E-state index in [0.717, 1.165) is 33.3 Å². The Labute approximate surface area is 203 Å². The minimum absolute atomic E-state index is 0.0233. The van der Waals surface area contributed by atoms with Gasteiger partial charge in [0.2, 0.25) is 0 Å². The SMILES string of the molecule is COc1c(C(C)n2nc(C)c3c(N)ncnc32)cc(Cl)c(C)c1-c1ccnc(C(=O)C(C)C)c1. The Kier molecular flexibility index (Phi) is 6.27. The first kappa shape index (κ1) is 23.6. The fourth-order valence-corrected chi connectivity index (χ4v) is 4.42. The van der Waals surface area contributed by atoms with E-state index in [1.165, 1.54) is 6.33 Å². The van der Waals surface area contributed by atoms with Crippen molar-refractivity contribution >= 4 is 34.2 Å². The van der Waals surface area contributed by atoms with E-state index in [9.17, 15) is 4.79 Å². The Morgan fingerprint density at radius 1 is 1.15 bits per heavy atom. The molecule has 3 heterocycles. The van der Waals surface area contributed by atoms with Crippen LogP contribution >= 0.6 is 11.6 Å². The molecule has 9 heteroatoms. The average Bonchev–Trinajstić information content (AvgIpc) is 3.17. The van der Waals surface area contributed by atoms with E-state index in [1.54, 1.807) is 24.1 Å². The second-order valence-corrected chi connectivity index (χ2v) is 9.00. The van der Waals surface area contributed by atoms with Gasteiger partial charge in [0.1, 0.15) is 23.6 Å². The quantitative estimate of drug-likeness (QED) is 0.379. The van der Waals surface area contributed by atoms with Crippen molar-refractivity contribution in [3.8, 4) is 16.9 Å². The van der Waals surface area contributed by atoms with Crippen LogP contribution in [0, 0.1) is 19.8 Å². The number of pyridine rings is 1. The second kappa shape index (κ2) is 9.02. The third kappa shape index (κ3) is 3.88. The van der Waals surface area contributed by atoms with Crippen molar-refractivity contribution in [3.63, 3.8) is 0 Å². The molecule has 2 N–H and O–H groups in total. The van der Waals surface area contributed by atoms with Crippen LogP contribution in [0.5, 0.6) is 5.75 Å². The Morgan fingerprint density at radius 2 is 1.88 bits per heavy atom. The molecule has 3 aromatic heterocycles. The van der Waals surface area contributed by atoms with Gasteiger partial charge >= 0.3 is 0 Å². The maximum absolute atomic E-state index is 12.6. The summed E-state index contributed by atoms with van der Waals surface area (Å²) in [5, 5.41) is 5.99. The van der Waals surface area contributed by atoms with E-state index >= 15 is 0 Å². The van der Waals surface area contributed by atoms with Gasteiger partial charge < -0.3 is 10.5 Å². The first-order valence-corrected chi connectivity index (χ1v) is 11.4. The lowest BCUT2D eigenvalue weighted by Gasteiger charge is -2.22. The number of ether oxygens (including phenoxy) is 1. The third-order valence-electron chi connectivity index (χ3n) is 6.04. The molecule has 0 aliphatic heterocycles. The number of carbonyl (C=O) groups excluding carboxylic acids is 1. The van der Waals surface area contributed by atoms with Gasteiger partial charge in [-0.1, -0.05) is 25.4 Å². The van der Waals surface area contributed by atoms with Crippen molar-refractivity contribution in [2.45, 2.75) is 40.7 Å². The molecular formula is C25H27ClN6O2. The molecule has 0 radical (unpaired) electrons. The Balaban J connectivity index is 1.93. The minimum Gasteiger partial charge on any atom is -0.496 e. The lowest BCUT2D eigenvalue weighted by atomic mass is 9.93. The van der Waals surface area contributed by atoms with Gasteiger partial charge in [-0.15, -0.1) is 0 Å². The molecule has 0 saturated heterocycles. The fourth-order valence-electron chi connectivity index (χ4n) is 4.21. The third-order valence-corrected chi connectivity index (χ3v) is 6.44. The van der Waals surface area contributed by atoms with Crippen LogP contribution in [0.25, 0.3) is 22.2 Å². The predicted molar refractivity (Wildman–Crippen MR) is 133 cm³/mol. The summed E-state index contributed by atoms with van der Waals surface area (Å²) < 4.78 is 7.74. The number of aromatic nitrogens is 5. The zero-order valence-corrected chi connectivity index (χ0v) is 20.8. The van der Waals surface area contributed by atoms with Crippen molar-refractivity contribution in [2.75, 3.05) is 12.8 Å². The number of nitrogens with zero attached hydrogens (tertiary/aromatic N) is 5. The van der Waals surface area contributed by atoms with E-state index in [0.29, 0.717) is 27.9 Å². The number of methoxy groups -OCH3 is 1. The largest absolute Gasteiger partial charge is 0.496 e. The lowest BCUT2D eigenvalue weighted by molar-refractivity contribution is 0.0934. The summed E-state index contributed by atoms with van der Waals surface area (Å²) in [7, 11) is 1.62. The van der Waals surface area contributed by atoms with E-state index in [-0.39, 0.29) is 17.7 Å². The molecular weight excluding hydrogens is 452 g/mol. The van der Waals surface area contributed by atoms with Crippen LogP contribution in [0.4, 0.5) is 5.82 Å². The number of carbonyl (C=O) groups is 1. The highest BCUT2D eigenvalue weighted by Gasteiger charge is 2.25. The summed E-state index contributed by atoms with van der Waals surface area (Å²) in [6.45, 7) is 9.52.